The van der Waals surface area contributed by atoms with E-state index < -0.39 is 24.5 Å². The van der Waals surface area contributed by atoms with E-state index in [1.807, 2.05) is 24.3 Å². The molecule has 4 rings (SSSR count). The molecule has 2 N–H and O–H groups in total. The van der Waals surface area contributed by atoms with Gasteiger partial charge in [0.05, 0.1) is 16.6 Å². The van der Waals surface area contributed by atoms with Crippen molar-refractivity contribution >= 4 is 34.4 Å². The second kappa shape index (κ2) is 9.86. The van der Waals surface area contributed by atoms with Gasteiger partial charge in [-0.3, -0.25) is 9.78 Å². The molecule has 0 bridgehead atoms. The molecule has 1 heterocycles. The number of carboxylic acid groups (broad SMARTS) is 1. The summed E-state index contributed by atoms with van der Waals surface area (Å²) in [5.74, 6) is -1.77. The highest BCUT2D eigenvalue weighted by atomic mass is 16.5. The minimum Gasteiger partial charge on any atom is -0.478 e. The van der Waals surface area contributed by atoms with Gasteiger partial charge in [-0.25, -0.2) is 9.59 Å². The Labute approximate surface area is 204 Å². The predicted octanol–water partition coefficient (Wildman–Crippen LogP) is 5.27. The van der Waals surface area contributed by atoms with Crippen LogP contribution in [0.25, 0.3) is 10.9 Å². The van der Waals surface area contributed by atoms with Crippen LogP contribution in [0, 0.1) is 11.3 Å². The summed E-state index contributed by atoms with van der Waals surface area (Å²) >= 11 is 0. The monoisotopic (exact) mass is 474 g/mol. The van der Waals surface area contributed by atoms with Crippen LogP contribution in [0.4, 0.5) is 5.69 Å². The lowest BCUT2D eigenvalue weighted by atomic mass is 9.68. The maximum absolute atomic E-state index is 13.3. The maximum Gasteiger partial charge on any atom is 0.339 e. The number of aromatic carboxylic acids is 1. The summed E-state index contributed by atoms with van der Waals surface area (Å²) in [6.07, 6.45) is 3.60. The molecule has 3 aromatic rings. The molecule has 0 saturated heterocycles. The fourth-order valence-corrected chi connectivity index (χ4v) is 4.71. The summed E-state index contributed by atoms with van der Waals surface area (Å²) in [5.41, 5.74) is 3.58. The molecule has 1 amide bonds. The molecule has 1 aromatic heterocycles. The second-order valence-corrected chi connectivity index (χ2v) is 9.72. The van der Waals surface area contributed by atoms with Crippen LogP contribution in [0.15, 0.2) is 48.5 Å². The van der Waals surface area contributed by atoms with Crippen molar-refractivity contribution in [1.29, 1.82) is 0 Å². The number of amides is 1. The number of ether oxygens (including phenoxy) is 1. The number of anilines is 1. The Morgan fingerprint density at radius 2 is 1.91 bits per heavy atom. The average Bonchev–Trinajstić information content (AvgIpc) is 2.85. The fourth-order valence-electron chi connectivity index (χ4n) is 4.71. The van der Waals surface area contributed by atoms with E-state index in [1.165, 1.54) is 18.2 Å². The number of nitrogens with zero attached hydrogens (tertiary/aromatic N) is 1. The normalized spacial score (nSPS) is 15.3. The van der Waals surface area contributed by atoms with E-state index in [0.29, 0.717) is 17.2 Å². The van der Waals surface area contributed by atoms with Crippen molar-refractivity contribution in [2.45, 2.75) is 46.5 Å². The van der Waals surface area contributed by atoms with E-state index in [-0.39, 0.29) is 11.0 Å². The fraction of sp³-hybridized carbons (Fsp3) is 0.357. The topological polar surface area (TPSA) is 106 Å². The van der Waals surface area contributed by atoms with Crippen molar-refractivity contribution in [3.05, 3.63) is 70.9 Å². The molecule has 7 heteroatoms. The van der Waals surface area contributed by atoms with Gasteiger partial charge >= 0.3 is 11.9 Å². The van der Waals surface area contributed by atoms with Gasteiger partial charge in [-0.1, -0.05) is 51.5 Å². The summed E-state index contributed by atoms with van der Waals surface area (Å²) in [4.78, 5) is 41.8. The molecular weight excluding hydrogens is 444 g/mol. The smallest absolute Gasteiger partial charge is 0.339 e. The molecule has 0 spiro atoms. The van der Waals surface area contributed by atoms with Crippen LogP contribution in [0.3, 0.4) is 0 Å². The summed E-state index contributed by atoms with van der Waals surface area (Å²) in [5, 5.41) is 12.4. The molecule has 0 fully saturated rings. The summed E-state index contributed by atoms with van der Waals surface area (Å²) in [7, 11) is 0. The van der Waals surface area contributed by atoms with Crippen LogP contribution in [-0.2, 0) is 22.4 Å². The minimum absolute atomic E-state index is 0.0548. The number of esters is 1. The molecule has 0 radical (unpaired) electrons. The van der Waals surface area contributed by atoms with Crippen LogP contribution in [0.5, 0.6) is 0 Å². The zero-order valence-corrected chi connectivity index (χ0v) is 20.3. The van der Waals surface area contributed by atoms with Gasteiger partial charge < -0.3 is 15.2 Å². The first-order valence-corrected chi connectivity index (χ1v) is 11.9. The van der Waals surface area contributed by atoms with E-state index in [0.717, 1.165) is 47.8 Å². The van der Waals surface area contributed by atoms with E-state index >= 15 is 0 Å². The number of para-hydroxylation sites is 1. The first kappa shape index (κ1) is 24.4. The Morgan fingerprint density at radius 1 is 1.14 bits per heavy atom. The van der Waals surface area contributed by atoms with Gasteiger partial charge in [-0.2, -0.15) is 0 Å². The van der Waals surface area contributed by atoms with Crippen molar-refractivity contribution in [2.75, 3.05) is 11.9 Å². The number of hydrogen-bond acceptors (Lipinski definition) is 5. The first-order valence-electron chi connectivity index (χ1n) is 11.9. The Bertz CT molecular complexity index is 1300. The number of carbonyl (C=O) groups is 3. The van der Waals surface area contributed by atoms with Crippen LogP contribution in [0.2, 0.25) is 0 Å². The van der Waals surface area contributed by atoms with Gasteiger partial charge in [-0.15, -0.1) is 0 Å². The minimum atomic E-state index is -1.09. The number of pyridine rings is 1. The molecule has 7 nitrogen and oxygen atoms in total. The summed E-state index contributed by atoms with van der Waals surface area (Å²) in [6.45, 7) is 6.23. The van der Waals surface area contributed by atoms with E-state index in [4.69, 9.17) is 14.8 Å². The Hall–Kier alpha value is -3.74. The van der Waals surface area contributed by atoms with Gasteiger partial charge in [0.25, 0.3) is 5.91 Å². The average molecular weight is 475 g/mol. The number of fused-ring (bicyclic) bond motifs is 2. The number of rotatable bonds is 7. The highest BCUT2D eigenvalue weighted by Crippen LogP contribution is 2.41. The third-order valence-electron chi connectivity index (χ3n) is 7.21. The second-order valence-electron chi connectivity index (χ2n) is 9.72. The summed E-state index contributed by atoms with van der Waals surface area (Å²) in [6, 6.07) is 13.4. The largest absolute Gasteiger partial charge is 0.478 e. The number of carbonyl (C=O) groups excluding carboxylic acids is 2. The number of hydrogen-bond donors (Lipinski definition) is 2. The lowest BCUT2D eigenvalue weighted by Crippen LogP contribution is -2.31. The third kappa shape index (κ3) is 5.19. The first-order chi connectivity index (χ1) is 16.7. The zero-order chi connectivity index (χ0) is 25.2. The van der Waals surface area contributed by atoms with Gasteiger partial charge in [0.15, 0.2) is 6.61 Å². The molecule has 1 aliphatic carbocycles. The van der Waals surface area contributed by atoms with Crippen molar-refractivity contribution in [2.24, 2.45) is 11.3 Å². The van der Waals surface area contributed by atoms with Crippen molar-refractivity contribution < 1.29 is 24.2 Å². The lowest BCUT2D eigenvalue weighted by Gasteiger charge is -2.37. The Balaban J connectivity index is 1.57. The van der Waals surface area contributed by atoms with Gasteiger partial charge in [-0.05, 0) is 60.4 Å². The molecule has 182 valence electrons. The van der Waals surface area contributed by atoms with E-state index in [2.05, 4.69) is 26.1 Å². The summed E-state index contributed by atoms with van der Waals surface area (Å²) < 4.78 is 5.47. The van der Waals surface area contributed by atoms with Crippen LogP contribution in [0.1, 0.15) is 65.6 Å². The predicted molar refractivity (Wildman–Crippen MR) is 134 cm³/mol. The molecule has 1 unspecified atom stereocenters. The number of aryl methyl sites for hydroxylation is 1. The third-order valence-corrected chi connectivity index (χ3v) is 7.21. The van der Waals surface area contributed by atoms with Crippen LogP contribution in [-0.4, -0.2) is 34.5 Å². The van der Waals surface area contributed by atoms with E-state index in [9.17, 15) is 14.4 Å². The SMILES string of the molecule is CCC(C)(C)C1CCc2nc3ccccc3c(C(=O)OCC(=O)Nc3cccc(C(=O)O)c3)c2C1. The number of aromatic nitrogens is 1. The van der Waals surface area contributed by atoms with Crippen LogP contribution >= 0.6 is 0 Å². The standard InChI is InChI=1S/C28H30N2O5/c1-4-28(2,3)18-12-13-23-21(15-18)25(20-10-5-6-11-22(20)30-23)27(34)35-16-24(31)29-19-9-7-8-17(14-19)26(32)33/h5-11,14,18H,4,12-13,15-16H2,1-3H3,(H,29,31)(H,32,33). The Kier molecular flexibility index (Phi) is 6.87. The molecule has 2 aromatic carbocycles. The molecule has 0 saturated carbocycles. The zero-order valence-electron chi connectivity index (χ0n) is 20.3. The molecule has 1 atom stereocenters. The highest BCUT2D eigenvalue weighted by Gasteiger charge is 2.34. The van der Waals surface area contributed by atoms with Crippen molar-refractivity contribution in [1.82, 2.24) is 4.98 Å². The highest BCUT2D eigenvalue weighted by molar-refractivity contribution is 6.06. The quantitative estimate of drug-likeness (QED) is 0.452. The number of benzene rings is 2. The molecule has 1 aliphatic rings. The van der Waals surface area contributed by atoms with Crippen LogP contribution < -0.4 is 5.32 Å². The number of nitrogens with one attached hydrogen (secondary N) is 1. The van der Waals surface area contributed by atoms with E-state index in [1.54, 1.807) is 6.07 Å². The van der Waals surface area contributed by atoms with Crippen molar-refractivity contribution in [3.8, 4) is 0 Å². The number of carboxylic acids is 1. The van der Waals surface area contributed by atoms with Gasteiger partial charge in [0.1, 0.15) is 0 Å². The van der Waals surface area contributed by atoms with Crippen molar-refractivity contribution in [3.63, 3.8) is 0 Å². The van der Waals surface area contributed by atoms with Gasteiger partial charge in [0.2, 0.25) is 0 Å². The molecule has 35 heavy (non-hydrogen) atoms. The molecular formula is C28H30N2O5. The molecule has 0 aliphatic heterocycles. The maximum atomic E-state index is 13.3. The lowest BCUT2D eigenvalue weighted by molar-refractivity contribution is -0.119. The van der Waals surface area contributed by atoms with Gasteiger partial charge in [0, 0.05) is 16.8 Å². The Morgan fingerprint density at radius 3 is 2.66 bits per heavy atom.